The maximum absolute atomic E-state index is 12.2. The number of amides is 2. The van der Waals surface area contributed by atoms with Crippen LogP contribution in [0.15, 0.2) is 0 Å². The van der Waals surface area contributed by atoms with Gasteiger partial charge < -0.3 is 10.2 Å². The molecule has 1 aliphatic carbocycles. The normalized spacial score (nSPS) is 29.1. The average molecular weight is 252 g/mol. The summed E-state index contributed by atoms with van der Waals surface area (Å²) in [6.45, 7) is 8.77. The topological polar surface area (TPSA) is 32.3 Å². The first-order valence-electron chi connectivity index (χ1n) is 7.52. The summed E-state index contributed by atoms with van der Waals surface area (Å²) in [6, 6.07) is 0.578. The molecular weight excluding hydrogens is 224 g/mol. The molecule has 3 nitrogen and oxygen atoms in total. The first-order valence-corrected chi connectivity index (χ1v) is 7.52. The first-order chi connectivity index (χ1) is 8.46. The Bertz CT molecular complexity index is 291. The Labute approximate surface area is 111 Å². The second-order valence-electron chi connectivity index (χ2n) is 7.08. The van der Waals surface area contributed by atoms with Crippen molar-refractivity contribution in [3.8, 4) is 0 Å². The lowest BCUT2D eigenvalue weighted by molar-refractivity contribution is 0.154. The maximum atomic E-state index is 12.2. The zero-order chi connectivity index (χ0) is 13.2. The fraction of sp³-hybridized carbons (Fsp3) is 0.933. The number of nitrogens with one attached hydrogen (secondary N) is 1. The van der Waals surface area contributed by atoms with Gasteiger partial charge in [-0.3, -0.25) is 0 Å². The molecule has 1 saturated heterocycles. The SMILES string of the molecule is CC1CCCN(C(=O)NC2CCC(C)(C)CC2)C1. The van der Waals surface area contributed by atoms with Crippen LogP contribution in [0.4, 0.5) is 4.79 Å². The summed E-state index contributed by atoms with van der Waals surface area (Å²) in [5.74, 6) is 0.662. The molecule has 1 N–H and O–H groups in total. The average Bonchev–Trinajstić information content (AvgIpc) is 2.32. The van der Waals surface area contributed by atoms with E-state index in [1.165, 1.54) is 19.3 Å². The lowest BCUT2D eigenvalue weighted by Crippen LogP contribution is -2.49. The smallest absolute Gasteiger partial charge is 0.317 e. The van der Waals surface area contributed by atoms with Crippen LogP contribution in [-0.4, -0.2) is 30.1 Å². The number of nitrogens with zero attached hydrogens (tertiary/aromatic N) is 1. The standard InChI is InChI=1S/C15H28N2O/c1-12-5-4-10-17(11-12)14(18)16-13-6-8-15(2,3)9-7-13/h12-13H,4-11H2,1-3H3,(H,16,18). The van der Waals surface area contributed by atoms with Gasteiger partial charge in [0.1, 0.15) is 0 Å². The number of carbonyl (C=O) groups is 1. The van der Waals surface area contributed by atoms with Gasteiger partial charge in [0.15, 0.2) is 0 Å². The second kappa shape index (κ2) is 5.50. The van der Waals surface area contributed by atoms with Crippen LogP contribution in [0.2, 0.25) is 0 Å². The van der Waals surface area contributed by atoms with Crippen molar-refractivity contribution in [1.82, 2.24) is 10.2 Å². The van der Waals surface area contributed by atoms with Crippen LogP contribution in [-0.2, 0) is 0 Å². The molecule has 2 aliphatic rings. The van der Waals surface area contributed by atoms with E-state index < -0.39 is 0 Å². The van der Waals surface area contributed by atoms with Crippen molar-refractivity contribution < 1.29 is 4.79 Å². The summed E-state index contributed by atoms with van der Waals surface area (Å²) in [4.78, 5) is 14.2. The minimum atomic E-state index is 0.172. The van der Waals surface area contributed by atoms with Crippen molar-refractivity contribution in [3.63, 3.8) is 0 Å². The van der Waals surface area contributed by atoms with Crippen molar-refractivity contribution >= 4 is 6.03 Å². The summed E-state index contributed by atoms with van der Waals surface area (Å²) in [7, 11) is 0. The first kappa shape index (κ1) is 13.7. The number of hydrogen-bond acceptors (Lipinski definition) is 1. The van der Waals surface area contributed by atoms with E-state index in [9.17, 15) is 4.79 Å². The van der Waals surface area contributed by atoms with Crippen LogP contribution in [0.5, 0.6) is 0 Å². The summed E-state index contributed by atoms with van der Waals surface area (Å²) < 4.78 is 0. The number of rotatable bonds is 1. The van der Waals surface area contributed by atoms with Crippen molar-refractivity contribution in [2.24, 2.45) is 11.3 Å². The molecule has 0 aromatic rings. The van der Waals surface area contributed by atoms with E-state index in [1.54, 1.807) is 0 Å². The van der Waals surface area contributed by atoms with Gasteiger partial charge in [0.2, 0.25) is 0 Å². The van der Waals surface area contributed by atoms with E-state index in [0.29, 0.717) is 17.4 Å². The Morgan fingerprint density at radius 3 is 2.50 bits per heavy atom. The van der Waals surface area contributed by atoms with E-state index in [1.807, 2.05) is 4.90 Å². The van der Waals surface area contributed by atoms with Crippen LogP contribution in [0.25, 0.3) is 0 Å². The number of urea groups is 1. The van der Waals surface area contributed by atoms with Gasteiger partial charge in [0.05, 0.1) is 0 Å². The Hall–Kier alpha value is -0.730. The monoisotopic (exact) mass is 252 g/mol. The molecule has 2 rings (SSSR count). The second-order valence-corrected chi connectivity index (χ2v) is 7.08. The predicted molar refractivity (Wildman–Crippen MR) is 74.5 cm³/mol. The summed E-state index contributed by atoms with van der Waals surface area (Å²) in [5.41, 5.74) is 0.473. The van der Waals surface area contributed by atoms with E-state index in [4.69, 9.17) is 0 Å². The van der Waals surface area contributed by atoms with E-state index in [2.05, 4.69) is 26.1 Å². The largest absolute Gasteiger partial charge is 0.335 e. The van der Waals surface area contributed by atoms with Gasteiger partial charge in [-0.25, -0.2) is 4.79 Å². The Morgan fingerprint density at radius 2 is 1.89 bits per heavy atom. The molecule has 0 bridgehead atoms. The molecule has 0 spiro atoms. The number of likely N-dealkylation sites (tertiary alicyclic amines) is 1. The highest BCUT2D eigenvalue weighted by Gasteiger charge is 2.29. The lowest BCUT2D eigenvalue weighted by Gasteiger charge is -2.37. The van der Waals surface area contributed by atoms with E-state index in [-0.39, 0.29) is 6.03 Å². The summed E-state index contributed by atoms with van der Waals surface area (Å²) in [6.07, 6.45) is 7.17. The van der Waals surface area contributed by atoms with E-state index >= 15 is 0 Å². The number of piperidine rings is 1. The highest BCUT2D eigenvalue weighted by molar-refractivity contribution is 5.74. The van der Waals surface area contributed by atoms with Crippen LogP contribution in [0.1, 0.15) is 59.3 Å². The predicted octanol–water partition coefficient (Wildman–Crippen LogP) is 3.40. The maximum Gasteiger partial charge on any atom is 0.317 e. The highest BCUT2D eigenvalue weighted by atomic mass is 16.2. The van der Waals surface area contributed by atoms with Crippen LogP contribution >= 0.6 is 0 Å². The van der Waals surface area contributed by atoms with Gasteiger partial charge in [-0.2, -0.15) is 0 Å². The van der Waals surface area contributed by atoms with Gasteiger partial charge in [-0.05, 0) is 49.9 Å². The van der Waals surface area contributed by atoms with Gasteiger partial charge >= 0.3 is 6.03 Å². The highest BCUT2D eigenvalue weighted by Crippen LogP contribution is 2.35. The van der Waals surface area contributed by atoms with Crippen molar-refractivity contribution in [2.45, 2.75) is 65.3 Å². The number of hydrogen-bond donors (Lipinski definition) is 1. The molecule has 1 atom stereocenters. The summed E-state index contributed by atoms with van der Waals surface area (Å²) in [5, 5.41) is 3.23. The van der Waals surface area contributed by atoms with E-state index in [0.717, 1.165) is 32.4 Å². The molecule has 0 aromatic heterocycles. The van der Waals surface area contributed by atoms with Crippen molar-refractivity contribution in [3.05, 3.63) is 0 Å². The lowest BCUT2D eigenvalue weighted by atomic mass is 9.75. The molecule has 3 heteroatoms. The molecule has 1 saturated carbocycles. The molecule has 0 aromatic carbocycles. The molecule has 1 heterocycles. The van der Waals surface area contributed by atoms with Gasteiger partial charge in [-0.15, -0.1) is 0 Å². The quantitative estimate of drug-likeness (QED) is 0.762. The van der Waals surface area contributed by atoms with Crippen LogP contribution in [0.3, 0.4) is 0 Å². The zero-order valence-corrected chi connectivity index (χ0v) is 12.2. The van der Waals surface area contributed by atoms with Gasteiger partial charge in [-0.1, -0.05) is 20.8 Å². The molecule has 104 valence electrons. The summed E-state index contributed by atoms with van der Waals surface area (Å²) >= 11 is 0. The van der Waals surface area contributed by atoms with Crippen molar-refractivity contribution in [2.75, 3.05) is 13.1 Å². The minimum Gasteiger partial charge on any atom is -0.335 e. The minimum absolute atomic E-state index is 0.172. The Kier molecular flexibility index (Phi) is 4.18. The molecule has 2 amide bonds. The molecule has 0 radical (unpaired) electrons. The third kappa shape index (κ3) is 3.63. The van der Waals surface area contributed by atoms with Crippen LogP contribution in [0, 0.1) is 11.3 Å². The molecule has 1 unspecified atom stereocenters. The fourth-order valence-corrected chi connectivity index (χ4v) is 3.18. The Balaban J connectivity index is 1.77. The third-order valence-electron chi connectivity index (χ3n) is 4.61. The fourth-order valence-electron chi connectivity index (χ4n) is 3.18. The Morgan fingerprint density at radius 1 is 1.22 bits per heavy atom. The van der Waals surface area contributed by atoms with Gasteiger partial charge in [0.25, 0.3) is 0 Å². The molecular formula is C15H28N2O. The number of carbonyl (C=O) groups excluding carboxylic acids is 1. The van der Waals surface area contributed by atoms with Gasteiger partial charge in [0, 0.05) is 19.1 Å². The van der Waals surface area contributed by atoms with Crippen molar-refractivity contribution in [1.29, 1.82) is 0 Å². The zero-order valence-electron chi connectivity index (χ0n) is 12.2. The third-order valence-corrected chi connectivity index (χ3v) is 4.61. The molecule has 2 fully saturated rings. The van der Waals surface area contributed by atoms with Crippen LogP contribution < -0.4 is 5.32 Å². The molecule has 1 aliphatic heterocycles. The molecule has 18 heavy (non-hydrogen) atoms.